The Balaban J connectivity index is 2.12. The SMILES string of the molecule is COC(=O)C1CCCN(C(=O)c2ccc(OC)c(F)c2)C1. The predicted molar refractivity (Wildman–Crippen MR) is 73.6 cm³/mol. The quantitative estimate of drug-likeness (QED) is 0.799. The van der Waals surface area contributed by atoms with E-state index in [2.05, 4.69) is 0 Å². The number of halogens is 1. The Morgan fingerprint density at radius 1 is 1.33 bits per heavy atom. The highest BCUT2D eigenvalue weighted by Crippen LogP contribution is 2.22. The molecule has 5 nitrogen and oxygen atoms in total. The number of carbonyl (C=O) groups is 2. The summed E-state index contributed by atoms with van der Waals surface area (Å²) >= 11 is 0. The van der Waals surface area contributed by atoms with Crippen molar-refractivity contribution >= 4 is 11.9 Å². The third kappa shape index (κ3) is 3.32. The topological polar surface area (TPSA) is 55.8 Å². The molecule has 0 saturated carbocycles. The monoisotopic (exact) mass is 295 g/mol. The molecule has 1 fully saturated rings. The van der Waals surface area contributed by atoms with Crippen LogP contribution in [-0.2, 0) is 9.53 Å². The highest BCUT2D eigenvalue weighted by molar-refractivity contribution is 5.94. The summed E-state index contributed by atoms with van der Waals surface area (Å²) in [6, 6.07) is 4.10. The van der Waals surface area contributed by atoms with Crippen LogP contribution in [0.4, 0.5) is 4.39 Å². The van der Waals surface area contributed by atoms with Crippen LogP contribution >= 0.6 is 0 Å². The van der Waals surface area contributed by atoms with E-state index in [-0.39, 0.29) is 29.1 Å². The highest BCUT2D eigenvalue weighted by atomic mass is 19.1. The number of ether oxygens (including phenoxy) is 2. The average molecular weight is 295 g/mol. The predicted octanol–water partition coefficient (Wildman–Crippen LogP) is 1.86. The molecule has 1 aromatic carbocycles. The van der Waals surface area contributed by atoms with Gasteiger partial charge in [-0.3, -0.25) is 9.59 Å². The third-order valence-corrected chi connectivity index (χ3v) is 3.64. The van der Waals surface area contributed by atoms with Gasteiger partial charge in [0.15, 0.2) is 11.6 Å². The van der Waals surface area contributed by atoms with Crippen molar-refractivity contribution in [2.45, 2.75) is 12.8 Å². The molecule has 1 saturated heterocycles. The lowest BCUT2D eigenvalue weighted by Crippen LogP contribution is -2.42. The van der Waals surface area contributed by atoms with Crippen molar-refractivity contribution in [1.29, 1.82) is 0 Å². The zero-order valence-electron chi connectivity index (χ0n) is 12.1. The minimum atomic E-state index is -0.579. The number of hydrogen-bond donors (Lipinski definition) is 0. The van der Waals surface area contributed by atoms with E-state index in [1.165, 1.54) is 26.4 Å². The van der Waals surface area contributed by atoms with E-state index in [0.717, 1.165) is 12.5 Å². The van der Waals surface area contributed by atoms with Crippen LogP contribution < -0.4 is 4.74 Å². The van der Waals surface area contributed by atoms with E-state index < -0.39 is 5.82 Å². The molecule has 1 aliphatic rings. The highest BCUT2D eigenvalue weighted by Gasteiger charge is 2.29. The van der Waals surface area contributed by atoms with E-state index in [1.54, 1.807) is 4.90 Å². The standard InChI is InChI=1S/C15H18FNO4/c1-20-13-6-5-10(8-12(13)16)14(18)17-7-3-4-11(9-17)15(19)21-2/h5-6,8,11H,3-4,7,9H2,1-2H3. The molecule has 21 heavy (non-hydrogen) atoms. The zero-order valence-corrected chi connectivity index (χ0v) is 12.1. The number of methoxy groups -OCH3 is 2. The fourth-order valence-electron chi connectivity index (χ4n) is 2.50. The molecule has 2 rings (SSSR count). The van der Waals surface area contributed by atoms with Crippen LogP contribution in [0.25, 0.3) is 0 Å². The Labute approximate surface area is 122 Å². The van der Waals surface area contributed by atoms with Gasteiger partial charge in [0.2, 0.25) is 0 Å². The molecule has 6 heteroatoms. The van der Waals surface area contributed by atoms with Gasteiger partial charge in [0.1, 0.15) is 0 Å². The molecule has 1 aliphatic heterocycles. The lowest BCUT2D eigenvalue weighted by atomic mass is 9.97. The number of carbonyl (C=O) groups excluding carboxylic acids is 2. The van der Waals surface area contributed by atoms with Gasteiger partial charge in [-0.15, -0.1) is 0 Å². The van der Waals surface area contributed by atoms with Gasteiger partial charge in [-0.25, -0.2) is 4.39 Å². The van der Waals surface area contributed by atoms with E-state index in [4.69, 9.17) is 9.47 Å². The maximum Gasteiger partial charge on any atom is 0.310 e. The van der Waals surface area contributed by atoms with Gasteiger partial charge in [-0.2, -0.15) is 0 Å². The molecular formula is C15H18FNO4. The summed E-state index contributed by atoms with van der Waals surface area (Å²) in [6.07, 6.45) is 1.43. The Kier molecular flexibility index (Phi) is 4.77. The fourth-order valence-corrected chi connectivity index (χ4v) is 2.50. The molecule has 0 N–H and O–H groups in total. The summed E-state index contributed by atoms with van der Waals surface area (Å²) in [6.45, 7) is 0.860. The smallest absolute Gasteiger partial charge is 0.310 e. The third-order valence-electron chi connectivity index (χ3n) is 3.64. The minimum Gasteiger partial charge on any atom is -0.494 e. The van der Waals surface area contributed by atoms with E-state index in [1.807, 2.05) is 0 Å². The number of piperidine rings is 1. The van der Waals surface area contributed by atoms with Crippen LogP contribution in [0.5, 0.6) is 5.75 Å². The van der Waals surface area contributed by atoms with E-state index in [0.29, 0.717) is 19.5 Å². The summed E-state index contributed by atoms with van der Waals surface area (Å²) in [5, 5.41) is 0. The van der Waals surface area contributed by atoms with Crippen LogP contribution in [-0.4, -0.2) is 44.1 Å². The maximum absolute atomic E-state index is 13.7. The number of esters is 1. The second-order valence-corrected chi connectivity index (χ2v) is 4.96. The summed E-state index contributed by atoms with van der Waals surface area (Å²) in [4.78, 5) is 25.5. The van der Waals surface area contributed by atoms with Crippen LogP contribution in [0.3, 0.4) is 0 Å². The van der Waals surface area contributed by atoms with Crippen molar-refractivity contribution in [3.05, 3.63) is 29.6 Å². The molecule has 0 bridgehead atoms. The second kappa shape index (κ2) is 6.56. The average Bonchev–Trinajstić information content (AvgIpc) is 2.53. The number of likely N-dealkylation sites (tertiary alicyclic amines) is 1. The van der Waals surface area contributed by atoms with Gasteiger partial charge in [0.25, 0.3) is 5.91 Å². The first-order valence-corrected chi connectivity index (χ1v) is 6.77. The first kappa shape index (κ1) is 15.3. The molecular weight excluding hydrogens is 277 g/mol. The number of nitrogens with zero attached hydrogens (tertiary/aromatic N) is 1. The molecule has 1 amide bonds. The summed E-state index contributed by atoms with van der Waals surface area (Å²) in [5.74, 6) is -1.39. The molecule has 0 aromatic heterocycles. The van der Waals surface area contributed by atoms with Crippen LogP contribution in [0.15, 0.2) is 18.2 Å². The van der Waals surface area contributed by atoms with Gasteiger partial charge < -0.3 is 14.4 Å². The Morgan fingerprint density at radius 3 is 2.71 bits per heavy atom. The minimum absolute atomic E-state index is 0.0950. The summed E-state index contributed by atoms with van der Waals surface area (Å²) in [7, 11) is 2.70. The molecule has 1 aromatic rings. The molecule has 114 valence electrons. The van der Waals surface area contributed by atoms with Crippen LogP contribution in [0.1, 0.15) is 23.2 Å². The van der Waals surface area contributed by atoms with Crippen molar-refractivity contribution in [2.24, 2.45) is 5.92 Å². The zero-order chi connectivity index (χ0) is 15.4. The normalized spacial score (nSPS) is 18.2. The molecule has 1 atom stereocenters. The maximum atomic E-state index is 13.7. The Bertz CT molecular complexity index is 546. The first-order valence-electron chi connectivity index (χ1n) is 6.77. The van der Waals surface area contributed by atoms with Crippen molar-refractivity contribution in [1.82, 2.24) is 4.90 Å². The van der Waals surface area contributed by atoms with Gasteiger partial charge in [-0.05, 0) is 31.0 Å². The Hall–Kier alpha value is -2.11. The molecule has 0 aliphatic carbocycles. The molecule has 1 unspecified atom stereocenters. The van der Waals surface area contributed by atoms with E-state index >= 15 is 0 Å². The molecule has 0 radical (unpaired) electrons. The fraction of sp³-hybridized carbons (Fsp3) is 0.467. The van der Waals surface area contributed by atoms with Crippen molar-refractivity contribution in [3.63, 3.8) is 0 Å². The second-order valence-electron chi connectivity index (χ2n) is 4.96. The lowest BCUT2D eigenvalue weighted by molar-refractivity contribution is -0.146. The van der Waals surface area contributed by atoms with Crippen molar-refractivity contribution in [3.8, 4) is 5.75 Å². The summed E-state index contributed by atoms with van der Waals surface area (Å²) in [5.41, 5.74) is 0.249. The van der Waals surface area contributed by atoms with Gasteiger partial charge in [-0.1, -0.05) is 0 Å². The van der Waals surface area contributed by atoms with Crippen LogP contribution in [0, 0.1) is 11.7 Å². The number of benzene rings is 1. The van der Waals surface area contributed by atoms with Gasteiger partial charge in [0, 0.05) is 18.7 Å². The Morgan fingerprint density at radius 2 is 2.10 bits per heavy atom. The van der Waals surface area contributed by atoms with Crippen molar-refractivity contribution < 1.29 is 23.5 Å². The first-order chi connectivity index (χ1) is 10.1. The van der Waals surface area contributed by atoms with Crippen molar-refractivity contribution in [2.75, 3.05) is 27.3 Å². The largest absolute Gasteiger partial charge is 0.494 e. The van der Waals surface area contributed by atoms with E-state index in [9.17, 15) is 14.0 Å². The number of amides is 1. The van der Waals surface area contributed by atoms with Gasteiger partial charge >= 0.3 is 5.97 Å². The number of hydrogen-bond acceptors (Lipinski definition) is 4. The molecule has 0 spiro atoms. The summed E-state index contributed by atoms with van der Waals surface area (Å²) < 4.78 is 23.2. The van der Waals surface area contributed by atoms with Crippen LogP contribution in [0.2, 0.25) is 0 Å². The number of rotatable bonds is 3. The molecule has 1 heterocycles. The van der Waals surface area contributed by atoms with Gasteiger partial charge in [0.05, 0.1) is 20.1 Å². The lowest BCUT2D eigenvalue weighted by Gasteiger charge is -2.31.